The zero-order valence-corrected chi connectivity index (χ0v) is 10.6. The summed E-state index contributed by atoms with van der Waals surface area (Å²) in [5.41, 5.74) is 0.874. The number of halogens is 1. The summed E-state index contributed by atoms with van der Waals surface area (Å²) in [6.07, 6.45) is 2.23. The molecule has 1 amide bonds. The summed E-state index contributed by atoms with van der Waals surface area (Å²) in [4.78, 5) is 17.7. The highest BCUT2D eigenvalue weighted by atomic mass is 35.5. The first-order valence-corrected chi connectivity index (χ1v) is 6.10. The first kappa shape index (κ1) is 12.3. The van der Waals surface area contributed by atoms with E-state index in [0.717, 1.165) is 18.5 Å². The smallest absolute Gasteiger partial charge is 0.234 e. The lowest BCUT2D eigenvalue weighted by Crippen LogP contribution is -2.36. The first-order valence-electron chi connectivity index (χ1n) is 5.73. The molecule has 1 N–H and O–H groups in total. The molecule has 0 aromatic carbocycles. The number of nitrogens with one attached hydrogen (secondary N) is 1. The van der Waals surface area contributed by atoms with Gasteiger partial charge in [0.2, 0.25) is 5.91 Å². The highest BCUT2D eigenvalue weighted by Gasteiger charge is 2.23. The van der Waals surface area contributed by atoms with E-state index in [0.29, 0.717) is 24.3 Å². The number of nitrogens with zero attached hydrogens (tertiary/aromatic N) is 2. The van der Waals surface area contributed by atoms with E-state index in [4.69, 9.17) is 11.6 Å². The summed E-state index contributed by atoms with van der Waals surface area (Å²) >= 11 is 5.80. The summed E-state index contributed by atoms with van der Waals surface area (Å²) in [5.74, 6) is 0.0806. The SMILES string of the molecule is CN(CC(=O)NC1CC1)Cc1cccc(Cl)n1. The molecule has 17 heavy (non-hydrogen) atoms. The van der Waals surface area contributed by atoms with E-state index < -0.39 is 0 Å². The Morgan fingerprint density at radius 1 is 1.59 bits per heavy atom. The fourth-order valence-corrected chi connectivity index (χ4v) is 1.80. The van der Waals surface area contributed by atoms with Gasteiger partial charge in [-0.25, -0.2) is 4.98 Å². The van der Waals surface area contributed by atoms with E-state index in [1.807, 2.05) is 24.1 Å². The van der Waals surface area contributed by atoms with Gasteiger partial charge in [0, 0.05) is 12.6 Å². The van der Waals surface area contributed by atoms with E-state index in [1.165, 1.54) is 0 Å². The lowest BCUT2D eigenvalue weighted by atomic mass is 10.3. The molecular weight excluding hydrogens is 238 g/mol. The first-order chi connectivity index (χ1) is 8.13. The second kappa shape index (κ2) is 5.47. The Morgan fingerprint density at radius 2 is 2.35 bits per heavy atom. The van der Waals surface area contributed by atoms with Crippen molar-refractivity contribution in [2.45, 2.75) is 25.4 Å². The van der Waals surface area contributed by atoms with Gasteiger partial charge in [-0.3, -0.25) is 9.69 Å². The Hall–Kier alpha value is -1.13. The number of amides is 1. The molecule has 0 unspecified atom stereocenters. The van der Waals surface area contributed by atoms with Crippen molar-refractivity contribution in [3.8, 4) is 0 Å². The predicted octanol–water partition coefficient (Wildman–Crippen LogP) is 1.45. The van der Waals surface area contributed by atoms with Crippen LogP contribution in [0.15, 0.2) is 18.2 Å². The van der Waals surface area contributed by atoms with Crippen molar-refractivity contribution in [3.05, 3.63) is 29.0 Å². The quantitative estimate of drug-likeness (QED) is 0.808. The highest BCUT2D eigenvalue weighted by molar-refractivity contribution is 6.29. The Kier molecular flexibility index (Phi) is 3.97. The van der Waals surface area contributed by atoms with Gasteiger partial charge in [-0.05, 0) is 32.0 Å². The zero-order chi connectivity index (χ0) is 12.3. The Labute approximate surface area is 106 Å². The van der Waals surface area contributed by atoms with Crippen LogP contribution in [0, 0.1) is 0 Å². The van der Waals surface area contributed by atoms with E-state index in [1.54, 1.807) is 6.07 Å². The molecule has 1 aliphatic carbocycles. The monoisotopic (exact) mass is 253 g/mol. The molecule has 0 aliphatic heterocycles. The number of likely N-dealkylation sites (N-methyl/N-ethyl adjacent to an activating group) is 1. The Morgan fingerprint density at radius 3 is 3.00 bits per heavy atom. The molecule has 1 fully saturated rings. The number of hydrogen-bond donors (Lipinski definition) is 1. The number of aromatic nitrogens is 1. The molecular formula is C12H16ClN3O. The molecule has 1 saturated carbocycles. The van der Waals surface area contributed by atoms with Gasteiger partial charge < -0.3 is 5.32 Å². The number of carbonyl (C=O) groups excluding carboxylic acids is 1. The van der Waals surface area contributed by atoms with Crippen LogP contribution in [0.2, 0.25) is 5.15 Å². The summed E-state index contributed by atoms with van der Waals surface area (Å²) in [5, 5.41) is 3.44. The van der Waals surface area contributed by atoms with Crippen LogP contribution in [-0.4, -0.2) is 35.4 Å². The van der Waals surface area contributed by atoms with Crippen molar-refractivity contribution in [2.75, 3.05) is 13.6 Å². The van der Waals surface area contributed by atoms with Gasteiger partial charge in [-0.2, -0.15) is 0 Å². The topological polar surface area (TPSA) is 45.2 Å². The molecule has 92 valence electrons. The fraction of sp³-hybridized carbons (Fsp3) is 0.500. The molecule has 1 heterocycles. The number of rotatable bonds is 5. The average molecular weight is 254 g/mol. The van der Waals surface area contributed by atoms with Crippen LogP contribution in [0.5, 0.6) is 0 Å². The molecule has 0 saturated heterocycles. The molecule has 4 nitrogen and oxygen atoms in total. The van der Waals surface area contributed by atoms with Gasteiger partial charge >= 0.3 is 0 Å². The molecule has 2 rings (SSSR count). The van der Waals surface area contributed by atoms with E-state index in [2.05, 4.69) is 10.3 Å². The summed E-state index contributed by atoms with van der Waals surface area (Å²) in [7, 11) is 1.90. The standard InChI is InChI=1S/C12H16ClN3O/c1-16(8-12(17)15-9-5-6-9)7-10-3-2-4-11(13)14-10/h2-4,9H,5-8H2,1H3,(H,15,17). The molecule has 0 radical (unpaired) electrons. The van der Waals surface area contributed by atoms with Gasteiger partial charge in [0.25, 0.3) is 0 Å². The van der Waals surface area contributed by atoms with Crippen LogP contribution in [0.3, 0.4) is 0 Å². The Bertz CT molecular complexity index is 406. The number of pyridine rings is 1. The molecule has 1 aromatic rings. The molecule has 5 heteroatoms. The maximum absolute atomic E-state index is 11.6. The third-order valence-electron chi connectivity index (χ3n) is 2.56. The van der Waals surface area contributed by atoms with Crippen molar-refractivity contribution in [1.82, 2.24) is 15.2 Å². The van der Waals surface area contributed by atoms with Crippen molar-refractivity contribution >= 4 is 17.5 Å². The summed E-state index contributed by atoms with van der Waals surface area (Å²) in [6.45, 7) is 1.02. The van der Waals surface area contributed by atoms with Crippen molar-refractivity contribution in [3.63, 3.8) is 0 Å². The maximum Gasteiger partial charge on any atom is 0.234 e. The third kappa shape index (κ3) is 4.32. The fourth-order valence-electron chi connectivity index (χ4n) is 1.62. The van der Waals surface area contributed by atoms with Crippen molar-refractivity contribution < 1.29 is 4.79 Å². The Balaban J connectivity index is 1.79. The second-order valence-corrected chi connectivity index (χ2v) is 4.85. The van der Waals surface area contributed by atoms with Gasteiger partial charge in [0.05, 0.1) is 12.2 Å². The van der Waals surface area contributed by atoms with Crippen LogP contribution in [0.25, 0.3) is 0 Å². The number of carbonyl (C=O) groups is 1. The minimum atomic E-state index is 0.0806. The van der Waals surface area contributed by atoms with Gasteiger partial charge in [-0.15, -0.1) is 0 Å². The normalized spacial score (nSPS) is 15.0. The van der Waals surface area contributed by atoms with Crippen LogP contribution < -0.4 is 5.32 Å². The zero-order valence-electron chi connectivity index (χ0n) is 9.82. The van der Waals surface area contributed by atoms with E-state index in [9.17, 15) is 4.79 Å². The van der Waals surface area contributed by atoms with Crippen molar-refractivity contribution in [1.29, 1.82) is 0 Å². The van der Waals surface area contributed by atoms with Crippen LogP contribution in [0.4, 0.5) is 0 Å². The lowest BCUT2D eigenvalue weighted by molar-refractivity contribution is -0.122. The van der Waals surface area contributed by atoms with Gasteiger partial charge in [0.15, 0.2) is 0 Å². The molecule has 0 atom stereocenters. The minimum absolute atomic E-state index is 0.0806. The van der Waals surface area contributed by atoms with Crippen LogP contribution in [0.1, 0.15) is 18.5 Å². The van der Waals surface area contributed by atoms with Crippen molar-refractivity contribution in [2.24, 2.45) is 0 Å². The van der Waals surface area contributed by atoms with Gasteiger partial charge in [-0.1, -0.05) is 17.7 Å². The van der Waals surface area contributed by atoms with Crippen LogP contribution in [-0.2, 0) is 11.3 Å². The summed E-state index contributed by atoms with van der Waals surface area (Å²) in [6, 6.07) is 5.93. The minimum Gasteiger partial charge on any atom is -0.352 e. The summed E-state index contributed by atoms with van der Waals surface area (Å²) < 4.78 is 0. The second-order valence-electron chi connectivity index (χ2n) is 4.47. The molecule has 1 aliphatic rings. The highest BCUT2D eigenvalue weighted by Crippen LogP contribution is 2.18. The molecule has 0 spiro atoms. The van der Waals surface area contributed by atoms with Gasteiger partial charge in [0.1, 0.15) is 5.15 Å². The maximum atomic E-state index is 11.6. The van der Waals surface area contributed by atoms with E-state index >= 15 is 0 Å². The lowest BCUT2D eigenvalue weighted by Gasteiger charge is -2.15. The third-order valence-corrected chi connectivity index (χ3v) is 2.77. The molecule has 0 bridgehead atoms. The molecule has 1 aromatic heterocycles. The predicted molar refractivity (Wildman–Crippen MR) is 66.7 cm³/mol. The van der Waals surface area contributed by atoms with E-state index in [-0.39, 0.29) is 5.91 Å². The number of hydrogen-bond acceptors (Lipinski definition) is 3. The largest absolute Gasteiger partial charge is 0.352 e. The average Bonchev–Trinajstić information content (AvgIpc) is 3.00. The van der Waals surface area contributed by atoms with Crippen LogP contribution >= 0.6 is 11.6 Å².